The van der Waals surface area contributed by atoms with Gasteiger partial charge in [0.15, 0.2) is 0 Å². The van der Waals surface area contributed by atoms with Gasteiger partial charge in [-0.25, -0.2) is 4.39 Å². The Morgan fingerprint density at radius 2 is 2.05 bits per heavy atom. The van der Waals surface area contributed by atoms with Crippen LogP contribution in [0.25, 0.3) is 0 Å². The number of aryl methyl sites for hydroxylation is 1. The second kappa shape index (κ2) is 5.64. The van der Waals surface area contributed by atoms with E-state index in [2.05, 4.69) is 4.98 Å². The van der Waals surface area contributed by atoms with Crippen molar-refractivity contribution >= 4 is 5.91 Å². The average Bonchev–Trinajstić information content (AvgIpc) is 2.97. The zero-order valence-corrected chi connectivity index (χ0v) is 11.9. The maximum Gasteiger partial charge on any atom is 0.257 e. The first-order chi connectivity index (χ1) is 10.2. The Bertz CT molecular complexity index is 657. The van der Waals surface area contributed by atoms with Gasteiger partial charge in [0.2, 0.25) is 0 Å². The molecule has 0 saturated carbocycles. The van der Waals surface area contributed by atoms with Gasteiger partial charge in [-0.15, -0.1) is 0 Å². The van der Waals surface area contributed by atoms with Gasteiger partial charge in [0.1, 0.15) is 5.82 Å². The topological polar surface area (TPSA) is 33.2 Å². The highest BCUT2D eigenvalue weighted by molar-refractivity contribution is 5.95. The van der Waals surface area contributed by atoms with Crippen LogP contribution >= 0.6 is 0 Å². The summed E-state index contributed by atoms with van der Waals surface area (Å²) in [5, 5.41) is 0. The third-order valence-electron chi connectivity index (χ3n) is 3.96. The summed E-state index contributed by atoms with van der Waals surface area (Å²) in [6, 6.07) is 8.61. The Kier molecular flexibility index (Phi) is 3.69. The van der Waals surface area contributed by atoms with E-state index in [1.54, 1.807) is 29.4 Å². The summed E-state index contributed by atoms with van der Waals surface area (Å²) in [6.07, 6.45) is 5.29. The molecule has 1 saturated heterocycles. The second-order valence-electron chi connectivity index (χ2n) is 5.42. The first-order valence-corrected chi connectivity index (χ1v) is 7.14. The van der Waals surface area contributed by atoms with E-state index in [1.807, 2.05) is 19.1 Å². The molecule has 1 atom stereocenters. The van der Waals surface area contributed by atoms with Crippen molar-refractivity contribution in [1.29, 1.82) is 0 Å². The van der Waals surface area contributed by atoms with Crippen molar-refractivity contribution in [2.45, 2.75) is 25.8 Å². The zero-order valence-electron chi connectivity index (χ0n) is 11.9. The van der Waals surface area contributed by atoms with Crippen molar-refractivity contribution in [2.75, 3.05) is 6.54 Å². The van der Waals surface area contributed by atoms with Gasteiger partial charge in [-0.3, -0.25) is 9.78 Å². The Hall–Kier alpha value is -2.23. The highest BCUT2D eigenvalue weighted by Crippen LogP contribution is 2.33. The second-order valence-corrected chi connectivity index (χ2v) is 5.42. The van der Waals surface area contributed by atoms with Crippen molar-refractivity contribution in [3.05, 3.63) is 65.2 Å². The molecule has 3 rings (SSSR count). The minimum Gasteiger partial charge on any atom is -0.332 e. The molecular formula is C17H17FN2O. The monoisotopic (exact) mass is 284 g/mol. The van der Waals surface area contributed by atoms with Gasteiger partial charge in [-0.05, 0) is 55.2 Å². The van der Waals surface area contributed by atoms with Crippen molar-refractivity contribution in [2.24, 2.45) is 0 Å². The molecule has 2 heterocycles. The van der Waals surface area contributed by atoms with Gasteiger partial charge < -0.3 is 4.90 Å². The van der Waals surface area contributed by atoms with Crippen molar-refractivity contribution in [1.82, 2.24) is 9.88 Å². The van der Waals surface area contributed by atoms with Crippen LogP contribution in [-0.2, 0) is 0 Å². The number of pyridine rings is 1. The lowest BCUT2D eigenvalue weighted by Crippen LogP contribution is -2.31. The Morgan fingerprint density at radius 3 is 2.76 bits per heavy atom. The third kappa shape index (κ3) is 2.66. The molecule has 0 radical (unpaired) electrons. The molecule has 1 aromatic carbocycles. The van der Waals surface area contributed by atoms with E-state index in [9.17, 15) is 9.18 Å². The van der Waals surface area contributed by atoms with Crippen LogP contribution in [0.1, 0.15) is 40.4 Å². The van der Waals surface area contributed by atoms with Crippen LogP contribution in [0.15, 0.2) is 42.7 Å². The van der Waals surface area contributed by atoms with Gasteiger partial charge in [0.05, 0.1) is 11.6 Å². The van der Waals surface area contributed by atoms with E-state index in [1.165, 1.54) is 6.07 Å². The van der Waals surface area contributed by atoms with Crippen molar-refractivity contribution in [3.63, 3.8) is 0 Å². The Morgan fingerprint density at radius 1 is 1.29 bits per heavy atom. The summed E-state index contributed by atoms with van der Waals surface area (Å²) in [7, 11) is 0. The van der Waals surface area contributed by atoms with Crippen molar-refractivity contribution < 1.29 is 9.18 Å². The van der Waals surface area contributed by atoms with Crippen LogP contribution < -0.4 is 0 Å². The molecule has 0 aliphatic carbocycles. The fourth-order valence-electron chi connectivity index (χ4n) is 2.89. The zero-order chi connectivity index (χ0) is 14.8. The summed E-state index contributed by atoms with van der Waals surface area (Å²) in [4.78, 5) is 18.4. The molecule has 108 valence electrons. The van der Waals surface area contributed by atoms with Crippen LogP contribution in [-0.4, -0.2) is 22.3 Å². The molecule has 1 aromatic heterocycles. The van der Waals surface area contributed by atoms with Crippen LogP contribution in [0.2, 0.25) is 0 Å². The number of likely N-dealkylation sites (tertiary alicyclic amines) is 1. The largest absolute Gasteiger partial charge is 0.332 e. The highest BCUT2D eigenvalue weighted by Gasteiger charge is 2.31. The SMILES string of the molecule is Cc1ccc(C(=O)N2CCCC2c2ccncc2)c(F)c1. The van der Waals surface area contributed by atoms with Gasteiger partial charge >= 0.3 is 0 Å². The molecule has 0 bridgehead atoms. The molecule has 2 aromatic rings. The highest BCUT2D eigenvalue weighted by atomic mass is 19.1. The molecule has 1 amide bonds. The van der Waals surface area contributed by atoms with Crippen molar-refractivity contribution in [3.8, 4) is 0 Å². The lowest BCUT2D eigenvalue weighted by atomic mass is 10.0. The van der Waals surface area contributed by atoms with E-state index in [0.717, 1.165) is 24.0 Å². The fraction of sp³-hybridized carbons (Fsp3) is 0.294. The normalized spacial score (nSPS) is 18.0. The first kappa shape index (κ1) is 13.7. The first-order valence-electron chi connectivity index (χ1n) is 7.14. The lowest BCUT2D eigenvalue weighted by molar-refractivity contribution is 0.0731. The summed E-state index contributed by atoms with van der Waals surface area (Å²) in [5.41, 5.74) is 2.03. The fourth-order valence-corrected chi connectivity index (χ4v) is 2.89. The predicted octanol–water partition coefficient (Wildman–Crippen LogP) is 3.51. The number of aromatic nitrogens is 1. The quantitative estimate of drug-likeness (QED) is 0.845. The van der Waals surface area contributed by atoms with Gasteiger partial charge in [-0.2, -0.15) is 0 Å². The summed E-state index contributed by atoms with van der Waals surface area (Å²) >= 11 is 0. The molecule has 1 aliphatic heterocycles. The number of carbonyl (C=O) groups is 1. The van der Waals surface area contributed by atoms with E-state index < -0.39 is 5.82 Å². The number of halogens is 1. The molecule has 1 unspecified atom stereocenters. The minimum absolute atomic E-state index is 0.0150. The van der Waals surface area contributed by atoms with Gasteiger partial charge in [0, 0.05) is 18.9 Å². The summed E-state index contributed by atoms with van der Waals surface area (Å²) in [5.74, 6) is -0.674. The average molecular weight is 284 g/mol. The Balaban J connectivity index is 1.90. The molecule has 1 fully saturated rings. The number of hydrogen-bond acceptors (Lipinski definition) is 2. The van der Waals surface area contributed by atoms with Crippen LogP contribution in [0.3, 0.4) is 0 Å². The van der Waals surface area contributed by atoms with E-state index >= 15 is 0 Å². The smallest absolute Gasteiger partial charge is 0.257 e. The number of nitrogens with zero attached hydrogens (tertiary/aromatic N) is 2. The number of benzene rings is 1. The Labute approximate surface area is 123 Å². The maximum absolute atomic E-state index is 14.0. The van der Waals surface area contributed by atoms with Gasteiger partial charge in [-0.1, -0.05) is 6.07 Å². The summed E-state index contributed by atoms with van der Waals surface area (Å²) in [6.45, 7) is 2.48. The van der Waals surface area contributed by atoms with Crippen LogP contribution in [0, 0.1) is 12.7 Å². The number of hydrogen-bond donors (Lipinski definition) is 0. The van der Waals surface area contributed by atoms with Crippen LogP contribution in [0.5, 0.6) is 0 Å². The number of amides is 1. The molecule has 1 aliphatic rings. The van der Waals surface area contributed by atoms with E-state index in [4.69, 9.17) is 0 Å². The third-order valence-corrected chi connectivity index (χ3v) is 3.96. The molecular weight excluding hydrogens is 267 g/mol. The minimum atomic E-state index is -0.444. The molecule has 3 nitrogen and oxygen atoms in total. The molecule has 0 N–H and O–H groups in total. The van der Waals surface area contributed by atoms with Gasteiger partial charge in [0.25, 0.3) is 5.91 Å². The molecule has 21 heavy (non-hydrogen) atoms. The standard InChI is InChI=1S/C17H17FN2O/c1-12-4-5-14(15(18)11-12)17(21)20-10-2-3-16(20)13-6-8-19-9-7-13/h4-9,11,16H,2-3,10H2,1H3. The molecule has 4 heteroatoms. The molecule has 0 spiro atoms. The van der Waals surface area contributed by atoms with E-state index in [0.29, 0.717) is 6.54 Å². The predicted molar refractivity (Wildman–Crippen MR) is 78.4 cm³/mol. The lowest BCUT2D eigenvalue weighted by Gasteiger charge is -2.25. The summed E-state index contributed by atoms with van der Waals surface area (Å²) < 4.78 is 14.0. The van der Waals surface area contributed by atoms with Crippen LogP contribution in [0.4, 0.5) is 4.39 Å². The number of carbonyl (C=O) groups excluding carboxylic acids is 1. The number of rotatable bonds is 2. The maximum atomic E-state index is 14.0. The van der Waals surface area contributed by atoms with E-state index in [-0.39, 0.29) is 17.5 Å².